The molecule has 20 heavy (non-hydrogen) atoms. The Morgan fingerprint density at radius 1 is 1.05 bits per heavy atom. The van der Waals surface area contributed by atoms with Gasteiger partial charge in [-0.15, -0.1) is 0 Å². The number of benzene rings is 1. The highest BCUT2D eigenvalue weighted by molar-refractivity contribution is 6.01. The molecule has 0 atom stereocenters. The van der Waals surface area contributed by atoms with Crippen molar-refractivity contribution < 1.29 is 19.5 Å². The van der Waals surface area contributed by atoms with Crippen molar-refractivity contribution in [3.8, 4) is 0 Å². The number of carbonyl (C=O) groups excluding carboxylic acids is 2. The molecule has 1 rings (SSSR count). The Hall–Kier alpha value is -2.37. The van der Waals surface area contributed by atoms with E-state index >= 15 is 0 Å². The molecule has 0 radical (unpaired) electrons. The topological polar surface area (TPSA) is 95.5 Å². The zero-order valence-corrected chi connectivity index (χ0v) is 11.5. The number of urea groups is 1. The molecule has 0 aromatic heterocycles. The molecular weight excluding hydrogens is 260 g/mol. The van der Waals surface area contributed by atoms with E-state index in [9.17, 15) is 14.4 Å². The van der Waals surface area contributed by atoms with Gasteiger partial charge in [0.2, 0.25) is 5.91 Å². The number of anilines is 1. The molecule has 6 heteroatoms. The number of carbonyl (C=O) groups is 3. The lowest BCUT2D eigenvalue weighted by Crippen LogP contribution is -2.34. The molecule has 0 aliphatic rings. The summed E-state index contributed by atoms with van der Waals surface area (Å²) in [6.07, 6.45) is 0.122. The van der Waals surface area contributed by atoms with Crippen molar-refractivity contribution in [1.82, 2.24) is 5.32 Å². The second kappa shape index (κ2) is 7.28. The lowest BCUT2D eigenvalue weighted by Gasteiger charge is -2.08. The highest BCUT2D eigenvalue weighted by Crippen LogP contribution is 2.13. The fraction of sp³-hybridized carbons (Fsp3) is 0.357. The average molecular weight is 278 g/mol. The third-order valence-corrected chi connectivity index (χ3v) is 2.53. The van der Waals surface area contributed by atoms with Gasteiger partial charge in [-0.25, -0.2) is 4.79 Å². The Morgan fingerprint density at radius 3 is 2.20 bits per heavy atom. The third-order valence-electron chi connectivity index (χ3n) is 2.53. The minimum Gasteiger partial charge on any atom is -0.481 e. The van der Waals surface area contributed by atoms with E-state index in [0.29, 0.717) is 5.69 Å². The molecule has 3 N–H and O–H groups in total. The summed E-state index contributed by atoms with van der Waals surface area (Å²) >= 11 is 0. The number of aliphatic carboxylic acids is 1. The van der Waals surface area contributed by atoms with Crippen LogP contribution in [0.1, 0.15) is 30.4 Å². The van der Waals surface area contributed by atoms with Crippen molar-refractivity contribution in [3.05, 3.63) is 29.3 Å². The number of rotatable bonds is 5. The van der Waals surface area contributed by atoms with Gasteiger partial charge in [-0.2, -0.15) is 0 Å². The van der Waals surface area contributed by atoms with E-state index in [1.165, 1.54) is 0 Å². The number of hydrogen-bond donors (Lipinski definition) is 3. The van der Waals surface area contributed by atoms with Crippen LogP contribution < -0.4 is 10.6 Å². The van der Waals surface area contributed by atoms with Gasteiger partial charge in [-0.05, 0) is 43.5 Å². The second-order valence-electron chi connectivity index (χ2n) is 4.63. The van der Waals surface area contributed by atoms with Gasteiger partial charge in [-0.3, -0.25) is 14.9 Å². The molecule has 0 fully saturated rings. The molecular formula is C14H18N2O4. The third kappa shape index (κ3) is 5.99. The molecule has 1 aromatic carbocycles. The zero-order valence-electron chi connectivity index (χ0n) is 11.5. The summed E-state index contributed by atoms with van der Waals surface area (Å²) in [5, 5.41) is 13.2. The minimum atomic E-state index is -0.961. The monoisotopic (exact) mass is 278 g/mol. The van der Waals surface area contributed by atoms with E-state index in [2.05, 4.69) is 10.6 Å². The van der Waals surface area contributed by atoms with Crippen LogP contribution in [0.5, 0.6) is 0 Å². The molecule has 3 amide bonds. The van der Waals surface area contributed by atoms with Gasteiger partial charge < -0.3 is 10.4 Å². The molecule has 0 saturated carbocycles. The first-order chi connectivity index (χ1) is 9.36. The highest BCUT2D eigenvalue weighted by atomic mass is 16.4. The molecule has 1 aromatic rings. The van der Waals surface area contributed by atoms with Gasteiger partial charge >= 0.3 is 12.0 Å². The Bertz CT molecular complexity index is 506. The summed E-state index contributed by atoms with van der Waals surface area (Å²) in [4.78, 5) is 33.3. The van der Waals surface area contributed by atoms with Gasteiger partial charge in [0, 0.05) is 18.5 Å². The minimum absolute atomic E-state index is 0.00651. The predicted octanol–water partition coefficient (Wildman–Crippen LogP) is 2.21. The maximum atomic E-state index is 11.6. The van der Waals surface area contributed by atoms with E-state index in [4.69, 9.17) is 5.11 Å². The summed E-state index contributed by atoms with van der Waals surface area (Å²) < 4.78 is 0. The van der Waals surface area contributed by atoms with E-state index < -0.39 is 17.9 Å². The fourth-order valence-corrected chi connectivity index (χ4v) is 1.80. The van der Waals surface area contributed by atoms with Gasteiger partial charge in [-0.1, -0.05) is 6.07 Å². The van der Waals surface area contributed by atoms with Crippen molar-refractivity contribution in [3.63, 3.8) is 0 Å². The molecule has 0 aliphatic heterocycles. The summed E-state index contributed by atoms with van der Waals surface area (Å²) in [6.45, 7) is 3.82. The molecule has 6 nitrogen and oxygen atoms in total. The highest BCUT2D eigenvalue weighted by Gasteiger charge is 2.09. The zero-order chi connectivity index (χ0) is 15.1. The predicted molar refractivity (Wildman–Crippen MR) is 74.6 cm³/mol. The quantitative estimate of drug-likeness (QED) is 0.769. The van der Waals surface area contributed by atoms with Gasteiger partial charge in [0.05, 0.1) is 0 Å². The van der Waals surface area contributed by atoms with Crippen LogP contribution in [0.15, 0.2) is 18.2 Å². The van der Waals surface area contributed by atoms with Crippen molar-refractivity contribution in [2.45, 2.75) is 33.1 Å². The second-order valence-corrected chi connectivity index (χ2v) is 4.63. The van der Waals surface area contributed by atoms with E-state index in [1.54, 1.807) is 12.1 Å². The molecule has 0 heterocycles. The molecule has 108 valence electrons. The van der Waals surface area contributed by atoms with Crippen LogP contribution in [0.2, 0.25) is 0 Å². The first kappa shape index (κ1) is 15.7. The maximum Gasteiger partial charge on any atom is 0.325 e. The normalized spacial score (nSPS) is 9.90. The smallest absolute Gasteiger partial charge is 0.325 e. The van der Waals surface area contributed by atoms with Crippen molar-refractivity contribution in [1.29, 1.82) is 0 Å². The maximum absolute atomic E-state index is 11.6. The van der Waals surface area contributed by atoms with Gasteiger partial charge in [0.15, 0.2) is 0 Å². The van der Waals surface area contributed by atoms with Crippen LogP contribution in [0.4, 0.5) is 10.5 Å². The summed E-state index contributed by atoms with van der Waals surface area (Å²) in [6, 6.07) is 4.94. The molecule has 0 aliphatic carbocycles. The Balaban J connectivity index is 2.43. The van der Waals surface area contributed by atoms with Crippen LogP contribution in [-0.4, -0.2) is 23.0 Å². The number of aryl methyl sites for hydroxylation is 2. The van der Waals surface area contributed by atoms with E-state index in [1.807, 2.05) is 19.9 Å². The summed E-state index contributed by atoms with van der Waals surface area (Å²) in [5.41, 5.74) is 2.62. The number of imide groups is 1. The number of amides is 3. The Labute approximate surface area is 117 Å². The van der Waals surface area contributed by atoms with Crippen LogP contribution in [0.25, 0.3) is 0 Å². The van der Waals surface area contributed by atoms with E-state index in [0.717, 1.165) is 11.1 Å². The number of carboxylic acids is 1. The lowest BCUT2D eigenvalue weighted by atomic mass is 10.1. The van der Waals surface area contributed by atoms with Crippen molar-refractivity contribution in [2.24, 2.45) is 0 Å². The number of nitrogens with one attached hydrogen (secondary N) is 2. The first-order valence-corrected chi connectivity index (χ1v) is 6.28. The van der Waals surface area contributed by atoms with Gasteiger partial charge in [0.1, 0.15) is 0 Å². The Morgan fingerprint density at radius 2 is 1.65 bits per heavy atom. The standard InChI is InChI=1S/C14H18N2O4/c1-9-6-10(2)8-11(7-9)15-14(20)16-12(17)4-3-5-13(18)19/h6-8H,3-5H2,1-2H3,(H,18,19)(H2,15,16,17,20). The summed E-state index contributed by atoms with van der Waals surface area (Å²) in [5.74, 6) is -1.45. The molecule has 0 saturated heterocycles. The molecule has 0 spiro atoms. The number of hydrogen-bond acceptors (Lipinski definition) is 3. The average Bonchev–Trinajstić information content (AvgIpc) is 2.25. The lowest BCUT2D eigenvalue weighted by molar-refractivity contribution is -0.137. The summed E-state index contributed by atoms with van der Waals surface area (Å²) in [7, 11) is 0. The van der Waals surface area contributed by atoms with Crippen molar-refractivity contribution >= 4 is 23.6 Å². The van der Waals surface area contributed by atoms with Crippen LogP contribution in [0.3, 0.4) is 0 Å². The largest absolute Gasteiger partial charge is 0.481 e. The van der Waals surface area contributed by atoms with Crippen LogP contribution in [-0.2, 0) is 9.59 Å². The van der Waals surface area contributed by atoms with Crippen LogP contribution >= 0.6 is 0 Å². The fourth-order valence-electron chi connectivity index (χ4n) is 1.80. The van der Waals surface area contributed by atoms with Crippen molar-refractivity contribution in [2.75, 3.05) is 5.32 Å². The molecule has 0 unspecified atom stereocenters. The molecule has 0 bridgehead atoms. The van der Waals surface area contributed by atoms with Gasteiger partial charge in [0.25, 0.3) is 0 Å². The van der Waals surface area contributed by atoms with E-state index in [-0.39, 0.29) is 19.3 Å². The Kier molecular flexibility index (Phi) is 5.71. The van der Waals surface area contributed by atoms with Crippen LogP contribution in [0, 0.1) is 13.8 Å². The number of carboxylic acid groups (broad SMARTS) is 1. The SMILES string of the molecule is Cc1cc(C)cc(NC(=O)NC(=O)CCCC(=O)O)c1. The first-order valence-electron chi connectivity index (χ1n) is 6.28.